The number of primary amides is 1. The average molecular weight is 357 g/mol. The van der Waals surface area contributed by atoms with Crippen molar-refractivity contribution < 1.29 is 19.2 Å². The van der Waals surface area contributed by atoms with E-state index in [9.17, 15) is 19.7 Å². The lowest BCUT2D eigenvalue weighted by Crippen LogP contribution is -2.46. The van der Waals surface area contributed by atoms with Crippen molar-refractivity contribution in [3.63, 3.8) is 0 Å². The van der Waals surface area contributed by atoms with Crippen LogP contribution in [0.3, 0.4) is 0 Å². The van der Waals surface area contributed by atoms with Crippen molar-refractivity contribution in [3.05, 3.63) is 69.8 Å². The standard InChI is InChI=1S/C18H19N3O5/c1-26-16-8-3-2-6-13(16)11-15(18(19)23)20-17(22)10-12-5-4-7-14(9-12)21(24)25/h2-9,15H,10-11H2,1H3,(H2,19,23)(H,20,22)/t15-/m0/s1. The highest BCUT2D eigenvalue weighted by Gasteiger charge is 2.20. The number of rotatable bonds is 8. The monoisotopic (exact) mass is 357 g/mol. The van der Waals surface area contributed by atoms with E-state index in [1.54, 1.807) is 30.3 Å². The molecule has 0 saturated heterocycles. The lowest BCUT2D eigenvalue weighted by Gasteiger charge is -2.17. The van der Waals surface area contributed by atoms with Crippen LogP contribution < -0.4 is 15.8 Å². The Balaban J connectivity index is 2.07. The van der Waals surface area contributed by atoms with Crippen molar-refractivity contribution in [2.75, 3.05) is 7.11 Å². The molecule has 136 valence electrons. The third-order valence-electron chi connectivity index (χ3n) is 3.78. The molecular formula is C18H19N3O5. The van der Waals surface area contributed by atoms with Crippen LogP contribution >= 0.6 is 0 Å². The highest BCUT2D eigenvalue weighted by atomic mass is 16.6. The van der Waals surface area contributed by atoms with Gasteiger partial charge in [-0.3, -0.25) is 19.7 Å². The minimum Gasteiger partial charge on any atom is -0.496 e. The van der Waals surface area contributed by atoms with Crippen LogP contribution in [0.25, 0.3) is 0 Å². The van der Waals surface area contributed by atoms with Crippen LogP contribution in [0.15, 0.2) is 48.5 Å². The summed E-state index contributed by atoms with van der Waals surface area (Å²) in [5.41, 5.74) is 6.50. The number of nitro benzene ring substituents is 1. The number of nitrogens with zero attached hydrogens (tertiary/aromatic N) is 1. The predicted octanol–water partition coefficient (Wildman–Crippen LogP) is 1.36. The van der Waals surface area contributed by atoms with Gasteiger partial charge in [0, 0.05) is 18.6 Å². The largest absolute Gasteiger partial charge is 0.496 e. The summed E-state index contributed by atoms with van der Waals surface area (Å²) in [5, 5.41) is 13.4. The van der Waals surface area contributed by atoms with Crippen molar-refractivity contribution in [1.29, 1.82) is 0 Å². The van der Waals surface area contributed by atoms with Gasteiger partial charge < -0.3 is 15.8 Å². The molecule has 8 nitrogen and oxygen atoms in total. The van der Waals surface area contributed by atoms with Gasteiger partial charge in [0.25, 0.3) is 5.69 Å². The number of hydrogen-bond acceptors (Lipinski definition) is 5. The zero-order valence-corrected chi connectivity index (χ0v) is 14.2. The molecule has 8 heteroatoms. The number of amides is 2. The topological polar surface area (TPSA) is 125 Å². The zero-order chi connectivity index (χ0) is 19.1. The van der Waals surface area contributed by atoms with Crippen LogP contribution in [0.5, 0.6) is 5.75 Å². The van der Waals surface area contributed by atoms with Crippen molar-refractivity contribution in [2.24, 2.45) is 5.73 Å². The van der Waals surface area contributed by atoms with E-state index in [1.807, 2.05) is 0 Å². The molecule has 0 aliphatic rings. The SMILES string of the molecule is COc1ccccc1C[C@H](NC(=O)Cc1cccc([N+](=O)[O-])c1)C(N)=O. The van der Waals surface area contributed by atoms with Crippen LogP contribution in [-0.2, 0) is 22.4 Å². The third-order valence-corrected chi connectivity index (χ3v) is 3.78. The summed E-state index contributed by atoms with van der Waals surface area (Å²) in [5.74, 6) is -0.542. The normalized spacial score (nSPS) is 11.4. The molecule has 1 atom stereocenters. The van der Waals surface area contributed by atoms with Gasteiger partial charge in [-0.1, -0.05) is 30.3 Å². The van der Waals surface area contributed by atoms with Gasteiger partial charge in [0.15, 0.2) is 0 Å². The molecule has 3 N–H and O–H groups in total. The fourth-order valence-electron chi connectivity index (χ4n) is 2.53. The number of carbonyl (C=O) groups is 2. The summed E-state index contributed by atoms with van der Waals surface area (Å²) in [6, 6.07) is 12.0. The molecule has 2 aromatic carbocycles. The Morgan fingerprint density at radius 1 is 1.23 bits per heavy atom. The molecule has 2 amide bonds. The third kappa shape index (κ3) is 5.04. The minimum absolute atomic E-state index is 0.0998. The Labute approximate surface area is 150 Å². The van der Waals surface area contributed by atoms with Crippen molar-refractivity contribution >= 4 is 17.5 Å². The summed E-state index contributed by atoms with van der Waals surface area (Å²) in [7, 11) is 1.51. The summed E-state index contributed by atoms with van der Waals surface area (Å²) in [6.07, 6.45) is 0.0808. The lowest BCUT2D eigenvalue weighted by molar-refractivity contribution is -0.384. The van der Waals surface area contributed by atoms with E-state index in [4.69, 9.17) is 10.5 Å². The van der Waals surface area contributed by atoms with Gasteiger partial charge in [0.2, 0.25) is 11.8 Å². The molecule has 0 radical (unpaired) electrons. The summed E-state index contributed by atoms with van der Waals surface area (Å²) in [4.78, 5) is 34.2. The molecule has 0 heterocycles. The number of non-ortho nitro benzene ring substituents is 1. The van der Waals surface area contributed by atoms with Gasteiger partial charge in [-0.15, -0.1) is 0 Å². The van der Waals surface area contributed by atoms with E-state index >= 15 is 0 Å². The Morgan fingerprint density at radius 2 is 1.96 bits per heavy atom. The second kappa shape index (κ2) is 8.61. The predicted molar refractivity (Wildman–Crippen MR) is 94.6 cm³/mol. The number of methoxy groups -OCH3 is 1. The van der Waals surface area contributed by atoms with E-state index in [1.165, 1.54) is 25.3 Å². The first-order valence-electron chi connectivity index (χ1n) is 7.84. The first-order chi connectivity index (χ1) is 12.4. The maximum Gasteiger partial charge on any atom is 0.269 e. The summed E-state index contributed by atoms with van der Waals surface area (Å²) in [6.45, 7) is 0. The Hall–Kier alpha value is -3.42. The molecule has 0 fully saturated rings. The van der Waals surface area contributed by atoms with E-state index in [2.05, 4.69) is 5.32 Å². The quantitative estimate of drug-likeness (QED) is 0.545. The maximum atomic E-state index is 12.2. The number of para-hydroxylation sites is 1. The molecule has 0 bridgehead atoms. The first kappa shape index (κ1) is 18.9. The molecular weight excluding hydrogens is 338 g/mol. The fraction of sp³-hybridized carbons (Fsp3) is 0.222. The van der Waals surface area contributed by atoms with E-state index in [0.717, 1.165) is 5.56 Å². The number of nitro groups is 1. The molecule has 26 heavy (non-hydrogen) atoms. The second-order valence-electron chi connectivity index (χ2n) is 5.64. The number of nitrogens with one attached hydrogen (secondary N) is 1. The smallest absolute Gasteiger partial charge is 0.269 e. The fourth-order valence-corrected chi connectivity index (χ4v) is 2.53. The zero-order valence-electron chi connectivity index (χ0n) is 14.2. The van der Waals surface area contributed by atoms with Gasteiger partial charge in [-0.05, 0) is 17.2 Å². The maximum absolute atomic E-state index is 12.2. The molecule has 2 rings (SSSR count). The van der Waals surface area contributed by atoms with Crippen LogP contribution in [0.1, 0.15) is 11.1 Å². The van der Waals surface area contributed by atoms with E-state index in [-0.39, 0.29) is 18.5 Å². The molecule has 2 aromatic rings. The molecule has 0 spiro atoms. The first-order valence-corrected chi connectivity index (χ1v) is 7.84. The molecule has 0 saturated carbocycles. The van der Waals surface area contributed by atoms with Crippen molar-refractivity contribution in [3.8, 4) is 5.75 Å². The molecule has 0 unspecified atom stereocenters. The van der Waals surface area contributed by atoms with Crippen LogP contribution in [0.2, 0.25) is 0 Å². The van der Waals surface area contributed by atoms with Crippen molar-refractivity contribution in [2.45, 2.75) is 18.9 Å². The highest BCUT2D eigenvalue weighted by molar-refractivity contribution is 5.87. The van der Waals surface area contributed by atoms with Crippen LogP contribution in [-0.4, -0.2) is 29.9 Å². The van der Waals surface area contributed by atoms with Crippen LogP contribution in [0, 0.1) is 10.1 Å². The number of nitrogens with two attached hydrogens (primary N) is 1. The van der Waals surface area contributed by atoms with Gasteiger partial charge in [-0.2, -0.15) is 0 Å². The number of benzene rings is 2. The average Bonchev–Trinajstić information content (AvgIpc) is 2.61. The minimum atomic E-state index is -0.919. The van der Waals surface area contributed by atoms with Gasteiger partial charge in [0.1, 0.15) is 11.8 Å². The summed E-state index contributed by atoms with van der Waals surface area (Å²) < 4.78 is 5.23. The van der Waals surface area contributed by atoms with Gasteiger partial charge in [0.05, 0.1) is 18.5 Å². The Bertz CT molecular complexity index is 822. The second-order valence-corrected chi connectivity index (χ2v) is 5.64. The number of hydrogen-bond donors (Lipinski definition) is 2. The lowest BCUT2D eigenvalue weighted by atomic mass is 10.0. The van der Waals surface area contributed by atoms with Crippen LogP contribution in [0.4, 0.5) is 5.69 Å². The molecule has 0 aliphatic carbocycles. The number of carbonyl (C=O) groups excluding carboxylic acids is 2. The van der Waals surface area contributed by atoms with Gasteiger partial charge >= 0.3 is 0 Å². The number of ether oxygens (including phenoxy) is 1. The highest BCUT2D eigenvalue weighted by Crippen LogP contribution is 2.19. The van der Waals surface area contributed by atoms with E-state index < -0.39 is 22.8 Å². The molecule has 0 aliphatic heterocycles. The summed E-state index contributed by atoms with van der Waals surface area (Å²) >= 11 is 0. The molecule has 0 aromatic heterocycles. The van der Waals surface area contributed by atoms with Crippen molar-refractivity contribution in [1.82, 2.24) is 5.32 Å². The Kier molecular flexibility index (Phi) is 6.26. The Morgan fingerprint density at radius 3 is 2.62 bits per heavy atom. The van der Waals surface area contributed by atoms with E-state index in [0.29, 0.717) is 11.3 Å². The van der Waals surface area contributed by atoms with Gasteiger partial charge in [-0.25, -0.2) is 0 Å².